The maximum absolute atomic E-state index is 13.6. The Hall–Kier alpha value is -2.88. The lowest BCUT2D eigenvalue weighted by atomic mass is 10.2. The minimum absolute atomic E-state index is 0.165. The van der Waals surface area contributed by atoms with Crippen LogP contribution in [0.25, 0.3) is 5.65 Å². The standard InChI is InChI=1S/C20H23F2N7O/c1-26-11-13(10-23-26)12-27-4-6-28(7-5-27)20(30)16-9-18-24-15(14-2-3-14)8-17(19(21)22)29(18)25-16/h8-11,14,19H,2-7,12H2,1H3. The van der Waals surface area contributed by atoms with Crippen LogP contribution in [0.3, 0.4) is 0 Å². The number of carbonyl (C=O) groups is 1. The predicted octanol–water partition coefficient (Wildman–Crippen LogP) is 2.24. The summed E-state index contributed by atoms with van der Waals surface area (Å²) in [5.41, 5.74) is 2.07. The van der Waals surface area contributed by atoms with Crippen LogP contribution < -0.4 is 0 Å². The summed E-state index contributed by atoms with van der Waals surface area (Å²) in [4.78, 5) is 21.4. The number of fused-ring (bicyclic) bond motifs is 1. The van der Waals surface area contributed by atoms with Crippen molar-refractivity contribution in [2.45, 2.75) is 31.7 Å². The molecular formula is C20H23F2N7O. The SMILES string of the molecule is Cn1cc(CN2CCN(C(=O)c3cc4nc(C5CC5)cc(C(F)F)n4n3)CC2)cn1. The maximum atomic E-state index is 13.6. The van der Waals surface area contributed by atoms with Gasteiger partial charge in [-0.05, 0) is 18.9 Å². The average molecular weight is 415 g/mol. The van der Waals surface area contributed by atoms with Crippen molar-refractivity contribution < 1.29 is 13.6 Å². The fraction of sp³-hybridized carbons (Fsp3) is 0.500. The molecule has 1 saturated heterocycles. The molecule has 2 fully saturated rings. The van der Waals surface area contributed by atoms with Crippen molar-refractivity contribution >= 4 is 11.6 Å². The van der Waals surface area contributed by atoms with Crippen LogP contribution >= 0.6 is 0 Å². The highest BCUT2D eigenvalue weighted by atomic mass is 19.3. The normalized spacial score (nSPS) is 17.9. The molecule has 0 N–H and O–H groups in total. The lowest BCUT2D eigenvalue weighted by molar-refractivity contribution is 0.0621. The number of piperazine rings is 1. The molecule has 4 heterocycles. The second-order valence-corrected chi connectivity index (χ2v) is 8.07. The molecule has 3 aromatic rings. The second kappa shape index (κ2) is 7.42. The van der Waals surface area contributed by atoms with E-state index < -0.39 is 6.43 Å². The smallest absolute Gasteiger partial charge is 0.280 e. The van der Waals surface area contributed by atoms with Crippen LogP contribution in [-0.2, 0) is 13.6 Å². The third-order valence-electron chi connectivity index (χ3n) is 5.74. The van der Waals surface area contributed by atoms with E-state index in [-0.39, 0.29) is 23.2 Å². The van der Waals surface area contributed by atoms with E-state index in [1.165, 1.54) is 12.1 Å². The number of rotatable bonds is 5. The van der Waals surface area contributed by atoms with Crippen LogP contribution in [0.5, 0.6) is 0 Å². The number of alkyl halides is 2. The van der Waals surface area contributed by atoms with E-state index in [2.05, 4.69) is 20.1 Å². The van der Waals surface area contributed by atoms with E-state index in [0.717, 1.165) is 42.6 Å². The largest absolute Gasteiger partial charge is 0.335 e. The van der Waals surface area contributed by atoms with E-state index in [4.69, 9.17) is 0 Å². The fourth-order valence-electron chi connectivity index (χ4n) is 3.95. The lowest BCUT2D eigenvalue weighted by Crippen LogP contribution is -2.48. The van der Waals surface area contributed by atoms with Gasteiger partial charge in [0.1, 0.15) is 5.69 Å². The number of hydrogen-bond acceptors (Lipinski definition) is 5. The van der Waals surface area contributed by atoms with Crippen LogP contribution in [0.2, 0.25) is 0 Å². The molecule has 0 atom stereocenters. The Morgan fingerprint density at radius 1 is 1.20 bits per heavy atom. The predicted molar refractivity (Wildman–Crippen MR) is 104 cm³/mol. The van der Waals surface area contributed by atoms with Gasteiger partial charge in [-0.15, -0.1) is 0 Å². The van der Waals surface area contributed by atoms with Gasteiger partial charge in [0.25, 0.3) is 12.3 Å². The summed E-state index contributed by atoms with van der Waals surface area (Å²) in [6, 6.07) is 2.95. The van der Waals surface area contributed by atoms with Crippen molar-refractivity contribution in [1.82, 2.24) is 34.2 Å². The number of aromatic nitrogens is 5. The zero-order chi connectivity index (χ0) is 20.8. The first kappa shape index (κ1) is 19.1. The van der Waals surface area contributed by atoms with Crippen molar-refractivity contribution in [2.24, 2.45) is 7.05 Å². The third-order valence-corrected chi connectivity index (χ3v) is 5.74. The highest BCUT2D eigenvalue weighted by Gasteiger charge is 2.29. The molecular weight excluding hydrogens is 392 g/mol. The fourth-order valence-corrected chi connectivity index (χ4v) is 3.95. The minimum atomic E-state index is -2.67. The van der Waals surface area contributed by atoms with E-state index >= 15 is 0 Å². The molecule has 5 rings (SSSR count). The highest BCUT2D eigenvalue weighted by molar-refractivity contribution is 5.93. The summed E-state index contributed by atoms with van der Waals surface area (Å²) in [5, 5.41) is 8.36. The molecule has 1 aliphatic heterocycles. The Labute approximate surface area is 172 Å². The zero-order valence-corrected chi connectivity index (χ0v) is 16.7. The Kier molecular flexibility index (Phi) is 4.73. The Morgan fingerprint density at radius 2 is 1.97 bits per heavy atom. The summed E-state index contributed by atoms with van der Waals surface area (Å²) in [7, 11) is 1.89. The van der Waals surface area contributed by atoms with Crippen LogP contribution in [0.15, 0.2) is 24.5 Å². The second-order valence-electron chi connectivity index (χ2n) is 8.07. The van der Waals surface area contributed by atoms with Gasteiger partial charge in [0, 0.05) is 69.2 Å². The molecule has 0 spiro atoms. The van der Waals surface area contributed by atoms with Gasteiger partial charge in [0.15, 0.2) is 11.3 Å². The topological polar surface area (TPSA) is 71.6 Å². The molecule has 10 heteroatoms. The molecule has 2 aliphatic rings. The molecule has 8 nitrogen and oxygen atoms in total. The number of nitrogens with zero attached hydrogens (tertiary/aromatic N) is 7. The van der Waals surface area contributed by atoms with Gasteiger partial charge in [0.2, 0.25) is 0 Å². The first-order valence-corrected chi connectivity index (χ1v) is 10.2. The molecule has 0 aromatic carbocycles. The monoisotopic (exact) mass is 415 g/mol. The summed E-state index contributed by atoms with van der Waals surface area (Å²) >= 11 is 0. The van der Waals surface area contributed by atoms with Gasteiger partial charge in [-0.2, -0.15) is 10.2 Å². The molecule has 158 valence electrons. The molecule has 0 radical (unpaired) electrons. The quantitative estimate of drug-likeness (QED) is 0.639. The van der Waals surface area contributed by atoms with Crippen LogP contribution in [0.1, 0.15) is 52.6 Å². The molecule has 1 amide bonds. The summed E-state index contributed by atoms with van der Waals surface area (Å²) in [5.74, 6) is 0.00385. The van der Waals surface area contributed by atoms with E-state index in [0.29, 0.717) is 24.4 Å². The van der Waals surface area contributed by atoms with Crippen LogP contribution in [0.4, 0.5) is 8.78 Å². The summed E-state index contributed by atoms with van der Waals surface area (Å²) in [6.07, 6.45) is 3.09. The molecule has 1 aliphatic carbocycles. The number of amides is 1. The first-order chi connectivity index (χ1) is 14.5. The average Bonchev–Trinajstić information content (AvgIpc) is 3.37. The Bertz CT molecular complexity index is 1080. The van der Waals surface area contributed by atoms with E-state index in [1.807, 2.05) is 19.4 Å². The zero-order valence-electron chi connectivity index (χ0n) is 16.7. The van der Waals surface area contributed by atoms with Gasteiger partial charge in [-0.25, -0.2) is 18.3 Å². The minimum Gasteiger partial charge on any atom is -0.335 e. The van der Waals surface area contributed by atoms with Crippen LogP contribution in [-0.4, -0.2) is 66.3 Å². The summed E-state index contributed by atoms with van der Waals surface area (Å²) in [6.45, 7) is 3.39. The molecule has 3 aromatic heterocycles. The molecule has 30 heavy (non-hydrogen) atoms. The van der Waals surface area contributed by atoms with Gasteiger partial charge < -0.3 is 4.90 Å². The first-order valence-electron chi connectivity index (χ1n) is 10.2. The lowest BCUT2D eigenvalue weighted by Gasteiger charge is -2.34. The van der Waals surface area contributed by atoms with Gasteiger partial charge >= 0.3 is 0 Å². The third kappa shape index (κ3) is 3.67. The van der Waals surface area contributed by atoms with Crippen LogP contribution in [0, 0.1) is 0 Å². The van der Waals surface area contributed by atoms with Gasteiger partial charge in [-0.1, -0.05) is 0 Å². The Balaban J connectivity index is 1.31. The summed E-state index contributed by atoms with van der Waals surface area (Å²) < 4.78 is 30.0. The van der Waals surface area contributed by atoms with Crippen molar-refractivity contribution in [3.05, 3.63) is 47.2 Å². The van der Waals surface area contributed by atoms with Crippen molar-refractivity contribution in [2.75, 3.05) is 26.2 Å². The maximum Gasteiger partial charge on any atom is 0.280 e. The number of hydrogen-bond donors (Lipinski definition) is 0. The molecule has 0 unspecified atom stereocenters. The van der Waals surface area contributed by atoms with Gasteiger partial charge in [0.05, 0.1) is 6.20 Å². The molecule has 1 saturated carbocycles. The number of carbonyl (C=O) groups excluding carboxylic acids is 1. The van der Waals surface area contributed by atoms with Crippen molar-refractivity contribution in [1.29, 1.82) is 0 Å². The highest BCUT2D eigenvalue weighted by Crippen LogP contribution is 2.40. The molecule has 0 bridgehead atoms. The Morgan fingerprint density at radius 3 is 2.60 bits per heavy atom. The van der Waals surface area contributed by atoms with E-state index in [1.54, 1.807) is 9.58 Å². The number of aryl methyl sites for hydroxylation is 1. The number of halogens is 2. The van der Waals surface area contributed by atoms with Crippen molar-refractivity contribution in [3.8, 4) is 0 Å². The van der Waals surface area contributed by atoms with Crippen molar-refractivity contribution in [3.63, 3.8) is 0 Å². The van der Waals surface area contributed by atoms with E-state index in [9.17, 15) is 13.6 Å². The van der Waals surface area contributed by atoms with Gasteiger partial charge in [-0.3, -0.25) is 14.4 Å².